The number of nitrogens with one attached hydrogen (secondary N) is 1. The fourth-order valence-electron chi connectivity index (χ4n) is 1.35. The Balaban J connectivity index is 2.52. The Bertz CT molecular complexity index is 342. The quantitative estimate of drug-likeness (QED) is 0.851. The minimum atomic E-state index is -0.455. The van der Waals surface area contributed by atoms with Crippen molar-refractivity contribution in [2.24, 2.45) is 5.92 Å². The molecule has 0 fully saturated rings. The highest BCUT2D eigenvalue weighted by Crippen LogP contribution is 2.26. The summed E-state index contributed by atoms with van der Waals surface area (Å²) in [6.45, 7) is 5.81. The topological polar surface area (TPSA) is 32.3 Å². The lowest BCUT2D eigenvalue weighted by molar-refractivity contribution is 0.173. The highest BCUT2D eigenvalue weighted by atomic mass is 79.9. The molecular weight excluding hydrogens is 334 g/mol. The van der Waals surface area contributed by atoms with E-state index in [4.69, 9.17) is 0 Å². The van der Waals surface area contributed by atoms with Gasteiger partial charge in [-0.15, -0.1) is 0 Å². The van der Waals surface area contributed by atoms with E-state index in [-0.39, 0.29) is 0 Å². The summed E-state index contributed by atoms with van der Waals surface area (Å²) in [6.07, 6.45) is -0.455. The number of hydrogen-bond acceptors (Lipinski definition) is 2. The Morgan fingerprint density at radius 1 is 1.19 bits per heavy atom. The van der Waals surface area contributed by atoms with Gasteiger partial charge in [-0.25, -0.2) is 0 Å². The Morgan fingerprint density at radius 3 is 2.44 bits per heavy atom. The van der Waals surface area contributed by atoms with E-state index in [1.165, 1.54) is 0 Å². The lowest BCUT2D eigenvalue weighted by Crippen LogP contribution is -2.25. The third kappa shape index (κ3) is 4.53. The molecule has 0 aromatic heterocycles. The maximum absolute atomic E-state index is 9.95. The van der Waals surface area contributed by atoms with Gasteiger partial charge in [0.25, 0.3) is 0 Å². The molecule has 1 aromatic rings. The Hall–Kier alpha value is 0.1000. The average Bonchev–Trinajstić information content (AvgIpc) is 2.21. The van der Waals surface area contributed by atoms with Crippen LogP contribution in [0.5, 0.6) is 0 Å². The van der Waals surface area contributed by atoms with Crippen molar-refractivity contribution in [2.75, 3.05) is 13.1 Å². The van der Waals surface area contributed by atoms with Gasteiger partial charge in [0.15, 0.2) is 0 Å². The van der Waals surface area contributed by atoms with Crippen molar-refractivity contribution in [3.63, 3.8) is 0 Å². The standard InChI is InChI=1S/C12H17Br2NO/c1-8(2)6-15-7-12(16)9-3-4-10(13)11(14)5-9/h3-5,8,12,15-16H,6-7H2,1-2H3. The molecule has 1 atom stereocenters. The smallest absolute Gasteiger partial charge is 0.0914 e. The summed E-state index contributed by atoms with van der Waals surface area (Å²) in [7, 11) is 0. The summed E-state index contributed by atoms with van der Waals surface area (Å²) in [4.78, 5) is 0. The Labute approximate surface area is 114 Å². The molecule has 0 aliphatic rings. The molecule has 0 saturated carbocycles. The number of halogens is 2. The van der Waals surface area contributed by atoms with Gasteiger partial charge in [-0.1, -0.05) is 19.9 Å². The van der Waals surface area contributed by atoms with Gasteiger partial charge in [-0.05, 0) is 62.0 Å². The van der Waals surface area contributed by atoms with E-state index < -0.39 is 6.10 Å². The summed E-state index contributed by atoms with van der Waals surface area (Å²) >= 11 is 6.83. The molecule has 1 rings (SSSR count). The van der Waals surface area contributed by atoms with Crippen LogP contribution in [-0.4, -0.2) is 18.2 Å². The fraction of sp³-hybridized carbons (Fsp3) is 0.500. The summed E-state index contributed by atoms with van der Waals surface area (Å²) < 4.78 is 1.96. The summed E-state index contributed by atoms with van der Waals surface area (Å²) in [6, 6.07) is 5.80. The van der Waals surface area contributed by atoms with Crippen molar-refractivity contribution < 1.29 is 5.11 Å². The van der Waals surface area contributed by atoms with E-state index >= 15 is 0 Å². The Morgan fingerprint density at radius 2 is 1.88 bits per heavy atom. The zero-order chi connectivity index (χ0) is 12.1. The minimum absolute atomic E-state index is 0.455. The maximum Gasteiger partial charge on any atom is 0.0914 e. The van der Waals surface area contributed by atoms with Crippen LogP contribution in [0, 0.1) is 5.92 Å². The first kappa shape index (κ1) is 14.2. The molecule has 0 heterocycles. The fourth-order valence-corrected chi connectivity index (χ4v) is 1.99. The van der Waals surface area contributed by atoms with Crippen molar-refractivity contribution in [3.05, 3.63) is 32.7 Å². The van der Waals surface area contributed by atoms with Gasteiger partial charge in [-0.2, -0.15) is 0 Å². The van der Waals surface area contributed by atoms with Gasteiger partial charge in [0, 0.05) is 15.5 Å². The number of aliphatic hydroxyl groups is 1. The van der Waals surface area contributed by atoms with Gasteiger partial charge in [-0.3, -0.25) is 0 Å². The number of rotatable bonds is 5. The highest BCUT2D eigenvalue weighted by molar-refractivity contribution is 9.13. The molecule has 0 radical (unpaired) electrons. The zero-order valence-corrected chi connectivity index (χ0v) is 12.7. The highest BCUT2D eigenvalue weighted by Gasteiger charge is 2.08. The molecule has 16 heavy (non-hydrogen) atoms. The zero-order valence-electron chi connectivity index (χ0n) is 9.50. The predicted molar refractivity (Wildman–Crippen MR) is 74.5 cm³/mol. The molecule has 0 aliphatic carbocycles. The Kier molecular flexibility index (Phi) is 5.97. The summed E-state index contributed by atoms with van der Waals surface area (Å²) in [5.41, 5.74) is 0.923. The molecule has 0 amide bonds. The summed E-state index contributed by atoms with van der Waals surface area (Å²) in [5.74, 6) is 0.601. The molecular formula is C12H17Br2NO. The maximum atomic E-state index is 9.95. The molecule has 90 valence electrons. The van der Waals surface area contributed by atoms with Crippen molar-refractivity contribution in [3.8, 4) is 0 Å². The number of aliphatic hydroxyl groups excluding tert-OH is 1. The van der Waals surface area contributed by atoms with Gasteiger partial charge >= 0.3 is 0 Å². The molecule has 0 bridgehead atoms. The normalized spacial score (nSPS) is 13.1. The van der Waals surface area contributed by atoms with Gasteiger partial charge in [0.05, 0.1) is 6.10 Å². The lowest BCUT2D eigenvalue weighted by atomic mass is 10.1. The van der Waals surface area contributed by atoms with E-state index in [0.29, 0.717) is 12.5 Å². The van der Waals surface area contributed by atoms with Crippen LogP contribution >= 0.6 is 31.9 Å². The third-order valence-electron chi connectivity index (χ3n) is 2.22. The average molecular weight is 351 g/mol. The first-order valence-electron chi connectivity index (χ1n) is 5.34. The molecule has 2 nitrogen and oxygen atoms in total. The van der Waals surface area contributed by atoms with Crippen molar-refractivity contribution in [1.29, 1.82) is 0 Å². The van der Waals surface area contributed by atoms with E-state index in [0.717, 1.165) is 21.1 Å². The molecule has 1 unspecified atom stereocenters. The minimum Gasteiger partial charge on any atom is -0.387 e. The molecule has 0 saturated heterocycles. The van der Waals surface area contributed by atoms with Gasteiger partial charge in [0.2, 0.25) is 0 Å². The van der Waals surface area contributed by atoms with E-state index in [1.807, 2.05) is 18.2 Å². The second-order valence-electron chi connectivity index (χ2n) is 4.24. The first-order valence-corrected chi connectivity index (χ1v) is 6.93. The van der Waals surface area contributed by atoms with E-state index in [2.05, 4.69) is 51.0 Å². The summed E-state index contributed by atoms with van der Waals surface area (Å²) in [5, 5.41) is 13.2. The number of benzene rings is 1. The van der Waals surface area contributed by atoms with Crippen LogP contribution in [0.2, 0.25) is 0 Å². The van der Waals surface area contributed by atoms with Crippen LogP contribution < -0.4 is 5.32 Å². The SMILES string of the molecule is CC(C)CNCC(O)c1ccc(Br)c(Br)c1. The number of hydrogen-bond donors (Lipinski definition) is 2. The molecule has 0 aliphatic heterocycles. The molecule has 1 aromatic carbocycles. The van der Waals surface area contributed by atoms with Crippen molar-refractivity contribution in [2.45, 2.75) is 20.0 Å². The predicted octanol–water partition coefficient (Wildman–Crippen LogP) is 3.49. The lowest BCUT2D eigenvalue weighted by Gasteiger charge is -2.14. The van der Waals surface area contributed by atoms with Crippen molar-refractivity contribution in [1.82, 2.24) is 5.32 Å². The largest absolute Gasteiger partial charge is 0.387 e. The second-order valence-corrected chi connectivity index (χ2v) is 5.95. The molecule has 2 N–H and O–H groups in total. The van der Waals surface area contributed by atoms with Crippen LogP contribution in [0.15, 0.2) is 27.1 Å². The third-order valence-corrected chi connectivity index (χ3v) is 4.10. The van der Waals surface area contributed by atoms with E-state index in [1.54, 1.807) is 0 Å². The van der Waals surface area contributed by atoms with Crippen LogP contribution in [0.3, 0.4) is 0 Å². The van der Waals surface area contributed by atoms with Gasteiger partial charge in [0.1, 0.15) is 0 Å². The van der Waals surface area contributed by atoms with Crippen LogP contribution in [0.1, 0.15) is 25.5 Å². The molecule has 4 heteroatoms. The van der Waals surface area contributed by atoms with E-state index in [9.17, 15) is 5.11 Å². The van der Waals surface area contributed by atoms with Crippen molar-refractivity contribution >= 4 is 31.9 Å². The van der Waals surface area contributed by atoms with Gasteiger partial charge < -0.3 is 10.4 Å². The van der Waals surface area contributed by atoms with Crippen LogP contribution in [-0.2, 0) is 0 Å². The van der Waals surface area contributed by atoms with Crippen LogP contribution in [0.4, 0.5) is 0 Å². The molecule has 0 spiro atoms. The van der Waals surface area contributed by atoms with Crippen LogP contribution in [0.25, 0.3) is 0 Å². The second kappa shape index (κ2) is 6.74. The monoisotopic (exact) mass is 349 g/mol. The first-order chi connectivity index (χ1) is 7.50.